The number of rotatable bonds is 8. The smallest absolute Gasteiger partial charge is 0.342 e. The van der Waals surface area contributed by atoms with Gasteiger partial charge in [0.05, 0.1) is 30.5 Å². The number of amides is 3. The molecule has 4 rings (SSSR count). The summed E-state index contributed by atoms with van der Waals surface area (Å²) in [4.78, 5) is 57.0. The Hall–Kier alpha value is -4.05. The van der Waals surface area contributed by atoms with Crippen LogP contribution in [-0.4, -0.2) is 47.2 Å². The molecule has 35 heavy (non-hydrogen) atoms. The average Bonchev–Trinajstić information content (AvgIpc) is 3.41. The molecule has 0 fully saturated rings. The topological polar surface area (TPSA) is 106 Å². The number of carbonyl (C=O) groups excluding carboxylic acids is 4. The van der Waals surface area contributed by atoms with Gasteiger partial charge >= 0.3 is 5.97 Å². The first kappa shape index (κ1) is 24.1. The first-order valence-corrected chi connectivity index (χ1v) is 11.7. The van der Waals surface area contributed by atoms with Crippen molar-refractivity contribution in [3.8, 4) is 5.75 Å². The van der Waals surface area contributed by atoms with Crippen LogP contribution < -0.4 is 9.64 Å². The Morgan fingerprint density at radius 1 is 1.09 bits per heavy atom. The average molecular weight is 494 g/mol. The third-order valence-electron chi connectivity index (χ3n) is 5.52. The monoisotopic (exact) mass is 493 g/mol. The molecule has 3 amide bonds. The van der Waals surface area contributed by atoms with Crippen LogP contribution in [0.2, 0.25) is 0 Å². The van der Waals surface area contributed by atoms with Crippen molar-refractivity contribution in [2.45, 2.75) is 27.0 Å². The highest BCUT2D eigenvalue weighted by atomic mass is 32.1. The molecule has 0 unspecified atom stereocenters. The predicted molar refractivity (Wildman–Crippen MR) is 129 cm³/mol. The number of fused-ring (bicyclic) bond motifs is 1. The van der Waals surface area contributed by atoms with Crippen LogP contribution in [0.25, 0.3) is 0 Å². The maximum Gasteiger partial charge on any atom is 0.342 e. The third kappa shape index (κ3) is 4.78. The quantitative estimate of drug-likeness (QED) is 0.348. The fourth-order valence-corrected chi connectivity index (χ4v) is 4.69. The van der Waals surface area contributed by atoms with Gasteiger partial charge in [0.2, 0.25) is 5.91 Å². The van der Waals surface area contributed by atoms with Gasteiger partial charge in [-0.3, -0.25) is 24.2 Å². The minimum atomic E-state index is -0.639. The Balaban J connectivity index is 1.48. The second kappa shape index (κ2) is 10.1. The molecule has 2 aromatic carbocycles. The van der Waals surface area contributed by atoms with Crippen molar-refractivity contribution >= 4 is 40.2 Å². The van der Waals surface area contributed by atoms with Crippen molar-refractivity contribution in [2.75, 3.05) is 18.6 Å². The van der Waals surface area contributed by atoms with Crippen LogP contribution in [0.15, 0.2) is 47.8 Å². The molecule has 0 atom stereocenters. The zero-order valence-corrected chi connectivity index (χ0v) is 20.3. The van der Waals surface area contributed by atoms with Crippen LogP contribution in [0.5, 0.6) is 5.75 Å². The maximum atomic E-state index is 12.9. The number of methoxy groups -OCH3 is 1. The fraction of sp³-hybridized carbons (Fsp3) is 0.240. The van der Waals surface area contributed by atoms with Crippen LogP contribution >= 0.6 is 11.3 Å². The number of hydrogen-bond acceptors (Lipinski definition) is 8. The second-order valence-corrected chi connectivity index (χ2v) is 8.57. The van der Waals surface area contributed by atoms with Gasteiger partial charge in [0.15, 0.2) is 5.13 Å². The minimum absolute atomic E-state index is 0.00393. The fourth-order valence-electron chi connectivity index (χ4n) is 3.77. The number of nitrogens with zero attached hydrogens (tertiary/aromatic N) is 3. The maximum absolute atomic E-state index is 12.9. The van der Waals surface area contributed by atoms with Gasteiger partial charge in [-0.05, 0) is 36.8 Å². The van der Waals surface area contributed by atoms with Gasteiger partial charge in [0, 0.05) is 18.8 Å². The van der Waals surface area contributed by atoms with E-state index >= 15 is 0 Å². The number of benzene rings is 2. The summed E-state index contributed by atoms with van der Waals surface area (Å²) in [5, 5.41) is 2.26. The molecule has 0 bridgehead atoms. The van der Waals surface area contributed by atoms with Crippen molar-refractivity contribution in [2.24, 2.45) is 0 Å². The molecule has 3 aromatic rings. The number of imide groups is 1. The first-order chi connectivity index (χ1) is 16.8. The summed E-state index contributed by atoms with van der Waals surface area (Å²) in [6.07, 6.45) is 0. The zero-order valence-electron chi connectivity index (χ0n) is 19.4. The summed E-state index contributed by atoms with van der Waals surface area (Å²) in [5.74, 6) is -1.22. The summed E-state index contributed by atoms with van der Waals surface area (Å²) < 4.78 is 10.7. The van der Waals surface area contributed by atoms with Crippen LogP contribution in [-0.2, 0) is 22.7 Å². The Morgan fingerprint density at radius 2 is 1.77 bits per heavy atom. The van der Waals surface area contributed by atoms with Crippen molar-refractivity contribution in [3.63, 3.8) is 0 Å². The highest BCUT2D eigenvalue weighted by Crippen LogP contribution is 2.27. The van der Waals surface area contributed by atoms with Gasteiger partial charge in [-0.15, -0.1) is 11.3 Å². The Kier molecular flexibility index (Phi) is 6.92. The van der Waals surface area contributed by atoms with Gasteiger partial charge in [-0.2, -0.15) is 0 Å². The lowest BCUT2D eigenvalue weighted by Crippen LogP contribution is -2.29. The van der Waals surface area contributed by atoms with Crippen molar-refractivity contribution in [3.05, 3.63) is 75.8 Å². The zero-order chi connectivity index (χ0) is 25.1. The van der Waals surface area contributed by atoms with E-state index in [1.807, 2.05) is 6.92 Å². The van der Waals surface area contributed by atoms with E-state index in [0.29, 0.717) is 39.8 Å². The van der Waals surface area contributed by atoms with Gasteiger partial charge in [0.1, 0.15) is 17.9 Å². The van der Waals surface area contributed by atoms with E-state index in [0.717, 1.165) is 4.90 Å². The van der Waals surface area contributed by atoms with Crippen LogP contribution in [0.4, 0.5) is 5.13 Å². The van der Waals surface area contributed by atoms with Gasteiger partial charge < -0.3 is 9.47 Å². The Morgan fingerprint density at radius 3 is 2.37 bits per heavy atom. The largest absolute Gasteiger partial charge is 0.496 e. The summed E-state index contributed by atoms with van der Waals surface area (Å²) in [7, 11) is 1.43. The number of anilines is 1. The number of esters is 1. The number of carbonyl (C=O) groups is 4. The van der Waals surface area contributed by atoms with Crippen LogP contribution in [0.1, 0.15) is 56.2 Å². The highest BCUT2D eigenvalue weighted by Gasteiger charge is 2.35. The minimum Gasteiger partial charge on any atom is -0.496 e. The SMILES string of the molecule is CCN(C(C)=O)c1nc(COC(=O)c2cc(CN3C(=O)c4ccccc4C3=O)ccc2OC)cs1. The summed E-state index contributed by atoms with van der Waals surface area (Å²) >= 11 is 1.29. The highest BCUT2D eigenvalue weighted by molar-refractivity contribution is 7.14. The van der Waals surface area contributed by atoms with E-state index in [1.54, 1.807) is 47.8 Å². The van der Waals surface area contributed by atoms with Crippen molar-refractivity contribution in [1.29, 1.82) is 0 Å². The van der Waals surface area contributed by atoms with E-state index in [2.05, 4.69) is 4.98 Å². The van der Waals surface area contributed by atoms with E-state index in [-0.39, 0.29) is 36.4 Å². The molecule has 0 radical (unpaired) electrons. The molecular weight excluding hydrogens is 470 g/mol. The molecule has 1 aliphatic heterocycles. The second-order valence-electron chi connectivity index (χ2n) is 7.74. The Bertz CT molecular complexity index is 1280. The molecule has 180 valence electrons. The van der Waals surface area contributed by atoms with Gasteiger partial charge in [-0.1, -0.05) is 18.2 Å². The van der Waals surface area contributed by atoms with E-state index in [1.165, 1.54) is 30.3 Å². The Labute approximate surface area is 205 Å². The molecule has 0 aliphatic carbocycles. The van der Waals surface area contributed by atoms with Gasteiger partial charge in [0.25, 0.3) is 11.8 Å². The molecule has 0 N–H and O–H groups in total. The number of thiazole rings is 1. The summed E-state index contributed by atoms with van der Waals surface area (Å²) in [6, 6.07) is 11.5. The van der Waals surface area contributed by atoms with Crippen LogP contribution in [0, 0.1) is 0 Å². The predicted octanol–water partition coefficient (Wildman–Crippen LogP) is 3.68. The number of aromatic nitrogens is 1. The molecule has 0 saturated carbocycles. The molecule has 2 heterocycles. The van der Waals surface area contributed by atoms with Crippen LogP contribution in [0.3, 0.4) is 0 Å². The van der Waals surface area contributed by atoms with Crippen molar-refractivity contribution < 1.29 is 28.7 Å². The van der Waals surface area contributed by atoms with E-state index in [9.17, 15) is 19.2 Å². The molecule has 1 aromatic heterocycles. The standard InChI is InChI=1S/C25H23N3O6S/c1-4-27(15(2)29)25-26-17(14-35-25)13-34-24(32)20-11-16(9-10-21(20)33-3)12-28-22(30)18-7-5-6-8-19(18)23(28)31/h5-11,14H,4,12-13H2,1-3H3. The molecule has 1 aliphatic rings. The van der Waals surface area contributed by atoms with E-state index < -0.39 is 5.97 Å². The first-order valence-electron chi connectivity index (χ1n) is 10.9. The molecule has 0 spiro atoms. The number of ether oxygens (including phenoxy) is 2. The summed E-state index contributed by atoms with van der Waals surface area (Å²) in [6.45, 7) is 3.72. The van der Waals surface area contributed by atoms with E-state index in [4.69, 9.17) is 9.47 Å². The molecule has 9 nitrogen and oxygen atoms in total. The molecular formula is C25H23N3O6S. The lowest BCUT2D eigenvalue weighted by molar-refractivity contribution is -0.116. The molecule has 10 heteroatoms. The summed E-state index contributed by atoms with van der Waals surface area (Å²) in [5.41, 5.74) is 1.97. The lowest BCUT2D eigenvalue weighted by Gasteiger charge is -2.16. The number of hydrogen-bond donors (Lipinski definition) is 0. The van der Waals surface area contributed by atoms with Crippen molar-refractivity contribution in [1.82, 2.24) is 9.88 Å². The lowest BCUT2D eigenvalue weighted by atomic mass is 10.1. The van der Waals surface area contributed by atoms with Gasteiger partial charge in [-0.25, -0.2) is 9.78 Å². The third-order valence-corrected chi connectivity index (χ3v) is 6.43. The molecule has 0 saturated heterocycles. The normalized spacial score (nSPS) is 12.5.